The summed E-state index contributed by atoms with van der Waals surface area (Å²) in [4.78, 5) is 13.0. The molecule has 2 rings (SSSR count). The largest absolute Gasteiger partial charge is 0.481 e. The van der Waals surface area contributed by atoms with Crippen LogP contribution < -0.4 is 5.32 Å². The Morgan fingerprint density at radius 1 is 1.50 bits per heavy atom. The van der Waals surface area contributed by atoms with Gasteiger partial charge in [0.1, 0.15) is 0 Å². The highest BCUT2D eigenvalue weighted by molar-refractivity contribution is 5.69. The monoisotopic (exact) mass is 198 g/mol. The van der Waals surface area contributed by atoms with E-state index in [9.17, 15) is 4.79 Å². The van der Waals surface area contributed by atoms with Crippen molar-refractivity contribution < 1.29 is 9.90 Å². The van der Waals surface area contributed by atoms with Crippen molar-refractivity contribution in [2.24, 2.45) is 17.8 Å². The van der Waals surface area contributed by atoms with Crippen LogP contribution in [0.15, 0.2) is 0 Å². The topological polar surface area (TPSA) is 52.6 Å². The molecule has 4 nitrogen and oxygen atoms in total. The zero-order chi connectivity index (χ0) is 10.1. The van der Waals surface area contributed by atoms with Gasteiger partial charge in [0.15, 0.2) is 0 Å². The summed E-state index contributed by atoms with van der Waals surface area (Å²) in [5.41, 5.74) is 0. The molecule has 2 fully saturated rings. The van der Waals surface area contributed by atoms with E-state index < -0.39 is 5.97 Å². The fourth-order valence-electron chi connectivity index (χ4n) is 2.57. The summed E-state index contributed by atoms with van der Waals surface area (Å²) in [5, 5.41) is 12.2. The Morgan fingerprint density at radius 2 is 2.07 bits per heavy atom. The molecule has 2 heterocycles. The molecule has 2 aliphatic heterocycles. The van der Waals surface area contributed by atoms with Gasteiger partial charge in [0, 0.05) is 19.6 Å². The van der Waals surface area contributed by atoms with E-state index in [0.717, 1.165) is 38.0 Å². The quantitative estimate of drug-likeness (QED) is 0.662. The highest BCUT2D eigenvalue weighted by Crippen LogP contribution is 2.26. The lowest BCUT2D eigenvalue weighted by atomic mass is 10.0. The molecule has 3 unspecified atom stereocenters. The Kier molecular flexibility index (Phi) is 2.74. The predicted octanol–water partition coefficient (Wildman–Crippen LogP) is -0.142. The number of carbonyl (C=O) groups is 1. The zero-order valence-electron chi connectivity index (χ0n) is 8.57. The summed E-state index contributed by atoms with van der Waals surface area (Å²) in [5.74, 6) is 0.606. The molecule has 0 bridgehead atoms. The summed E-state index contributed by atoms with van der Waals surface area (Å²) in [6.45, 7) is 6.88. The summed E-state index contributed by atoms with van der Waals surface area (Å²) in [6, 6.07) is 0. The number of nitrogens with one attached hydrogen (secondary N) is 1. The van der Waals surface area contributed by atoms with Gasteiger partial charge in [0.2, 0.25) is 0 Å². The summed E-state index contributed by atoms with van der Waals surface area (Å²) >= 11 is 0. The van der Waals surface area contributed by atoms with E-state index in [2.05, 4.69) is 10.2 Å². The van der Waals surface area contributed by atoms with Crippen LogP contribution in [0, 0.1) is 17.8 Å². The molecule has 80 valence electrons. The lowest BCUT2D eigenvalue weighted by molar-refractivity contribution is -0.141. The minimum absolute atomic E-state index is 0.234. The van der Waals surface area contributed by atoms with E-state index >= 15 is 0 Å². The van der Waals surface area contributed by atoms with Crippen LogP contribution in [0.1, 0.15) is 6.92 Å². The lowest BCUT2D eigenvalue weighted by Crippen LogP contribution is -2.32. The second kappa shape index (κ2) is 3.87. The van der Waals surface area contributed by atoms with Crippen molar-refractivity contribution in [1.82, 2.24) is 10.2 Å². The van der Waals surface area contributed by atoms with E-state index in [4.69, 9.17) is 5.11 Å². The molecule has 2 aliphatic rings. The zero-order valence-corrected chi connectivity index (χ0v) is 8.57. The summed E-state index contributed by atoms with van der Waals surface area (Å²) in [6.07, 6.45) is 0. The fourth-order valence-corrected chi connectivity index (χ4v) is 2.57. The van der Waals surface area contributed by atoms with Gasteiger partial charge in [-0.25, -0.2) is 0 Å². The number of rotatable bonds is 3. The number of fused-ring (bicyclic) bond motifs is 1. The third-order valence-corrected chi connectivity index (χ3v) is 3.42. The molecular formula is C10H18N2O2. The standard InChI is InChI=1S/C10H18N2O2/c1-7(10(13)14)4-12-5-8-2-11-3-9(8)6-12/h7-9,11H,2-6H2,1H3,(H,13,14). The Morgan fingerprint density at radius 3 is 2.57 bits per heavy atom. The SMILES string of the molecule is CC(CN1CC2CNCC2C1)C(=O)O. The van der Waals surface area contributed by atoms with Crippen molar-refractivity contribution in [3.63, 3.8) is 0 Å². The van der Waals surface area contributed by atoms with E-state index in [1.807, 2.05) is 0 Å². The van der Waals surface area contributed by atoms with Crippen LogP contribution in [0.25, 0.3) is 0 Å². The van der Waals surface area contributed by atoms with Crippen LogP contribution in [0.4, 0.5) is 0 Å². The van der Waals surface area contributed by atoms with Crippen molar-refractivity contribution in [1.29, 1.82) is 0 Å². The van der Waals surface area contributed by atoms with Crippen LogP contribution in [0.2, 0.25) is 0 Å². The van der Waals surface area contributed by atoms with Gasteiger partial charge in [-0.3, -0.25) is 4.79 Å². The summed E-state index contributed by atoms with van der Waals surface area (Å²) < 4.78 is 0. The second-order valence-electron chi connectivity index (χ2n) is 4.64. The van der Waals surface area contributed by atoms with E-state index in [1.54, 1.807) is 6.92 Å². The average molecular weight is 198 g/mol. The number of likely N-dealkylation sites (tertiary alicyclic amines) is 1. The molecule has 4 heteroatoms. The lowest BCUT2D eigenvalue weighted by Gasteiger charge is -2.19. The molecule has 0 radical (unpaired) electrons. The number of carboxylic acids is 1. The first-order chi connectivity index (χ1) is 6.66. The molecule has 0 saturated carbocycles. The minimum Gasteiger partial charge on any atom is -0.481 e. The maximum atomic E-state index is 10.7. The van der Waals surface area contributed by atoms with Crippen LogP contribution >= 0.6 is 0 Å². The van der Waals surface area contributed by atoms with Crippen molar-refractivity contribution in [3.05, 3.63) is 0 Å². The molecular weight excluding hydrogens is 180 g/mol. The van der Waals surface area contributed by atoms with Gasteiger partial charge >= 0.3 is 5.97 Å². The van der Waals surface area contributed by atoms with Gasteiger partial charge in [0.25, 0.3) is 0 Å². The van der Waals surface area contributed by atoms with Gasteiger partial charge in [-0.2, -0.15) is 0 Å². The third-order valence-electron chi connectivity index (χ3n) is 3.42. The Bertz CT molecular complexity index is 220. The Hall–Kier alpha value is -0.610. The van der Waals surface area contributed by atoms with E-state index in [1.165, 1.54) is 0 Å². The van der Waals surface area contributed by atoms with Crippen molar-refractivity contribution in [2.45, 2.75) is 6.92 Å². The smallest absolute Gasteiger partial charge is 0.307 e. The van der Waals surface area contributed by atoms with Crippen LogP contribution in [0.5, 0.6) is 0 Å². The average Bonchev–Trinajstić information content (AvgIpc) is 2.63. The van der Waals surface area contributed by atoms with Crippen molar-refractivity contribution in [3.8, 4) is 0 Å². The molecule has 0 spiro atoms. The highest BCUT2D eigenvalue weighted by atomic mass is 16.4. The molecule has 0 aromatic carbocycles. The molecule has 0 aromatic heterocycles. The van der Waals surface area contributed by atoms with Gasteiger partial charge in [-0.1, -0.05) is 6.92 Å². The minimum atomic E-state index is -0.680. The maximum Gasteiger partial charge on any atom is 0.307 e. The molecule has 2 saturated heterocycles. The third kappa shape index (κ3) is 1.91. The maximum absolute atomic E-state index is 10.7. The molecule has 2 N–H and O–H groups in total. The predicted molar refractivity (Wildman–Crippen MR) is 53.1 cm³/mol. The molecule has 0 amide bonds. The van der Waals surface area contributed by atoms with Gasteiger partial charge in [0.05, 0.1) is 5.92 Å². The fraction of sp³-hybridized carbons (Fsp3) is 0.900. The van der Waals surface area contributed by atoms with Crippen LogP contribution in [-0.4, -0.2) is 48.7 Å². The van der Waals surface area contributed by atoms with Gasteiger partial charge in [-0.15, -0.1) is 0 Å². The van der Waals surface area contributed by atoms with Crippen molar-refractivity contribution in [2.75, 3.05) is 32.7 Å². The second-order valence-corrected chi connectivity index (χ2v) is 4.64. The number of aliphatic carboxylic acids is 1. The normalized spacial score (nSPS) is 34.4. The summed E-state index contributed by atoms with van der Waals surface area (Å²) in [7, 11) is 0. The van der Waals surface area contributed by atoms with E-state index in [-0.39, 0.29) is 5.92 Å². The molecule has 14 heavy (non-hydrogen) atoms. The Labute approximate surface area is 84.3 Å². The number of carboxylic acid groups (broad SMARTS) is 1. The molecule has 0 aromatic rings. The highest BCUT2D eigenvalue weighted by Gasteiger charge is 2.36. The van der Waals surface area contributed by atoms with Gasteiger partial charge in [-0.05, 0) is 24.9 Å². The first kappa shape index (κ1) is 9.93. The number of hydrogen-bond acceptors (Lipinski definition) is 3. The Balaban J connectivity index is 1.81. The van der Waals surface area contributed by atoms with Crippen molar-refractivity contribution >= 4 is 5.97 Å². The van der Waals surface area contributed by atoms with E-state index in [0.29, 0.717) is 6.54 Å². The molecule has 3 atom stereocenters. The van der Waals surface area contributed by atoms with Crippen LogP contribution in [-0.2, 0) is 4.79 Å². The van der Waals surface area contributed by atoms with Gasteiger partial charge < -0.3 is 15.3 Å². The first-order valence-corrected chi connectivity index (χ1v) is 5.32. The first-order valence-electron chi connectivity index (χ1n) is 5.32. The number of nitrogens with zero attached hydrogens (tertiary/aromatic N) is 1. The van der Waals surface area contributed by atoms with Crippen LogP contribution in [0.3, 0.4) is 0 Å². The number of hydrogen-bond donors (Lipinski definition) is 2. The molecule has 0 aliphatic carbocycles.